The first-order chi connectivity index (χ1) is 7.75. The molecule has 0 spiro atoms. The molecule has 0 aliphatic heterocycles. The zero-order valence-corrected chi connectivity index (χ0v) is 11.5. The van der Waals surface area contributed by atoms with Crippen molar-refractivity contribution in [1.29, 1.82) is 0 Å². The molecule has 1 nitrogen and oxygen atoms in total. The van der Waals surface area contributed by atoms with Gasteiger partial charge < -0.3 is 5.32 Å². The van der Waals surface area contributed by atoms with Crippen LogP contribution in [0.3, 0.4) is 0 Å². The highest BCUT2D eigenvalue weighted by Crippen LogP contribution is 2.23. The van der Waals surface area contributed by atoms with Crippen molar-refractivity contribution >= 4 is 37.9 Å². The first-order valence-corrected chi connectivity index (χ1v) is 7.70. The molecule has 0 unspecified atom stereocenters. The van der Waals surface area contributed by atoms with Gasteiger partial charge in [-0.15, -0.1) is 0 Å². The molecule has 1 aromatic heterocycles. The zero-order valence-electron chi connectivity index (χ0n) is 9.03. The van der Waals surface area contributed by atoms with Gasteiger partial charge in [0.05, 0.1) is 0 Å². The normalized spacial score (nSPS) is 10.3. The fraction of sp³-hybridized carbons (Fsp3) is 0.250. The summed E-state index contributed by atoms with van der Waals surface area (Å²) in [5, 5.41) is 4.59. The molecule has 1 aromatic carbocycles. The molecular formula is C12H13NS3. The average Bonchev–Trinajstić information content (AvgIpc) is 2.67. The minimum Gasteiger partial charge on any atom is -0.376 e. The molecule has 1 heterocycles. The van der Waals surface area contributed by atoms with Crippen LogP contribution in [0.15, 0.2) is 30.3 Å². The third kappa shape index (κ3) is 3.14. The van der Waals surface area contributed by atoms with E-state index in [1.165, 1.54) is 16.1 Å². The monoisotopic (exact) mass is 267 g/mol. The van der Waals surface area contributed by atoms with Crippen LogP contribution in [0.5, 0.6) is 0 Å². The maximum atomic E-state index is 5.09. The maximum Gasteiger partial charge on any atom is 0.104 e. The van der Waals surface area contributed by atoms with E-state index in [1.807, 2.05) is 6.07 Å². The van der Waals surface area contributed by atoms with Gasteiger partial charge in [-0.25, -0.2) is 0 Å². The topological polar surface area (TPSA) is 12.0 Å². The first-order valence-electron chi connectivity index (χ1n) is 5.14. The van der Waals surface area contributed by atoms with Crippen molar-refractivity contribution in [2.75, 3.05) is 11.9 Å². The second-order valence-electron chi connectivity index (χ2n) is 3.60. The summed E-state index contributed by atoms with van der Waals surface area (Å²) in [6.45, 7) is 3.12. The van der Waals surface area contributed by atoms with E-state index in [1.54, 1.807) is 20.7 Å². The van der Waals surface area contributed by atoms with Crippen LogP contribution in [-0.2, 0) is 6.42 Å². The van der Waals surface area contributed by atoms with Crippen molar-refractivity contribution in [3.63, 3.8) is 0 Å². The fourth-order valence-corrected chi connectivity index (χ4v) is 3.75. The molecular weight excluding hydrogens is 254 g/mol. The molecule has 0 aliphatic rings. The molecule has 0 bridgehead atoms. The van der Waals surface area contributed by atoms with E-state index in [-0.39, 0.29) is 0 Å². The lowest BCUT2D eigenvalue weighted by atomic mass is 10.1. The molecule has 4 heteroatoms. The quantitative estimate of drug-likeness (QED) is 0.646. The van der Waals surface area contributed by atoms with E-state index < -0.39 is 0 Å². The molecule has 1 N–H and O–H groups in total. The highest BCUT2D eigenvalue weighted by Gasteiger charge is 1.98. The van der Waals surface area contributed by atoms with E-state index >= 15 is 0 Å². The number of hydrogen-bond donors (Lipinski definition) is 1. The molecule has 16 heavy (non-hydrogen) atoms. The summed E-state index contributed by atoms with van der Waals surface area (Å²) in [4.78, 5) is 0. The Labute approximate surface area is 108 Å². The lowest BCUT2D eigenvalue weighted by Crippen LogP contribution is -2.04. The average molecular weight is 267 g/mol. The van der Waals surface area contributed by atoms with Crippen molar-refractivity contribution < 1.29 is 0 Å². The Morgan fingerprint density at radius 3 is 2.75 bits per heavy atom. The van der Waals surface area contributed by atoms with E-state index in [2.05, 4.69) is 36.5 Å². The minimum atomic E-state index is 0.961. The molecule has 0 atom stereocenters. The lowest BCUT2D eigenvalue weighted by molar-refractivity contribution is 1.01. The van der Waals surface area contributed by atoms with Crippen LogP contribution in [0, 0.1) is 10.7 Å². The Kier molecular flexibility index (Phi) is 4.09. The number of benzene rings is 1. The van der Waals surface area contributed by atoms with Gasteiger partial charge in [-0.1, -0.05) is 57.2 Å². The highest BCUT2D eigenvalue weighted by atomic mass is 32.9. The minimum absolute atomic E-state index is 0.961. The van der Waals surface area contributed by atoms with Crippen molar-refractivity contribution in [2.24, 2.45) is 0 Å². The van der Waals surface area contributed by atoms with Crippen molar-refractivity contribution in [2.45, 2.75) is 13.3 Å². The summed E-state index contributed by atoms with van der Waals surface area (Å²) < 4.78 is 0.961. The summed E-state index contributed by atoms with van der Waals surface area (Å²) in [6, 6.07) is 10.5. The maximum absolute atomic E-state index is 5.09. The first kappa shape index (κ1) is 11.8. The molecule has 0 aliphatic carbocycles. The van der Waals surface area contributed by atoms with Crippen LogP contribution in [-0.4, -0.2) is 6.54 Å². The molecule has 84 valence electrons. The third-order valence-electron chi connectivity index (χ3n) is 2.42. The van der Waals surface area contributed by atoms with E-state index in [0.29, 0.717) is 0 Å². The van der Waals surface area contributed by atoms with Gasteiger partial charge in [0.15, 0.2) is 0 Å². The van der Waals surface area contributed by atoms with Gasteiger partial charge in [0, 0.05) is 12.6 Å². The molecule has 0 amide bonds. The number of rotatable bonds is 4. The second kappa shape index (κ2) is 5.57. The largest absolute Gasteiger partial charge is 0.376 e. The van der Waals surface area contributed by atoms with Crippen molar-refractivity contribution in [1.82, 2.24) is 0 Å². The van der Waals surface area contributed by atoms with Crippen LogP contribution in [0.1, 0.15) is 11.1 Å². The Morgan fingerprint density at radius 1 is 1.25 bits per heavy atom. The number of anilines is 1. The Balaban J connectivity index is 1.89. The zero-order chi connectivity index (χ0) is 11.4. The van der Waals surface area contributed by atoms with Crippen LogP contribution >= 0.6 is 32.9 Å². The van der Waals surface area contributed by atoms with E-state index in [9.17, 15) is 0 Å². The van der Waals surface area contributed by atoms with E-state index in [0.717, 1.165) is 16.8 Å². The number of nitrogens with one attached hydrogen (secondary N) is 1. The fourth-order valence-electron chi connectivity index (χ4n) is 1.53. The van der Waals surface area contributed by atoms with Crippen molar-refractivity contribution in [3.8, 4) is 0 Å². The Morgan fingerprint density at radius 2 is 2.06 bits per heavy atom. The van der Waals surface area contributed by atoms with Crippen LogP contribution in [0.25, 0.3) is 0 Å². The van der Waals surface area contributed by atoms with Crippen LogP contribution in [0.4, 0.5) is 5.00 Å². The number of aryl methyl sites for hydroxylation is 1. The lowest BCUT2D eigenvalue weighted by Gasteiger charge is -2.06. The SMILES string of the molecule is Cc1ccccc1CCNc1cc(=S)ss1. The van der Waals surface area contributed by atoms with Gasteiger partial charge in [0.25, 0.3) is 0 Å². The third-order valence-corrected chi connectivity index (χ3v) is 5.24. The van der Waals surface area contributed by atoms with Gasteiger partial charge in [0.1, 0.15) is 8.82 Å². The van der Waals surface area contributed by atoms with Gasteiger partial charge in [0.2, 0.25) is 0 Å². The Hall–Kier alpha value is -0.710. The summed E-state index contributed by atoms with van der Waals surface area (Å²) in [6.07, 6.45) is 1.06. The molecule has 0 radical (unpaired) electrons. The summed E-state index contributed by atoms with van der Waals surface area (Å²) in [5.74, 6) is 0. The van der Waals surface area contributed by atoms with Crippen LogP contribution < -0.4 is 5.32 Å². The van der Waals surface area contributed by atoms with E-state index in [4.69, 9.17) is 12.2 Å². The number of hydrogen-bond acceptors (Lipinski definition) is 4. The smallest absolute Gasteiger partial charge is 0.104 e. The summed E-state index contributed by atoms with van der Waals surface area (Å²) in [5.41, 5.74) is 2.77. The highest BCUT2D eigenvalue weighted by molar-refractivity contribution is 7.80. The van der Waals surface area contributed by atoms with Gasteiger partial charge in [-0.3, -0.25) is 0 Å². The standard InChI is InChI=1S/C12H13NS3/c1-9-4-2-3-5-10(9)6-7-13-11-8-12(14)16-15-11/h2-5,8,13H,6-7H2,1H3. The second-order valence-corrected chi connectivity index (χ2v) is 6.51. The molecule has 0 saturated heterocycles. The summed E-state index contributed by atoms with van der Waals surface area (Å²) >= 11 is 5.09. The van der Waals surface area contributed by atoms with Gasteiger partial charge in [-0.05, 0) is 24.5 Å². The predicted octanol–water partition coefficient (Wildman–Crippen LogP) is 4.50. The van der Waals surface area contributed by atoms with Crippen molar-refractivity contribution in [3.05, 3.63) is 45.3 Å². The molecule has 2 aromatic rings. The molecule has 0 fully saturated rings. The molecule has 0 saturated carbocycles. The summed E-state index contributed by atoms with van der Waals surface area (Å²) in [7, 11) is 3.36. The van der Waals surface area contributed by atoms with Gasteiger partial charge in [-0.2, -0.15) is 0 Å². The van der Waals surface area contributed by atoms with Gasteiger partial charge >= 0.3 is 0 Å². The predicted molar refractivity (Wildman–Crippen MR) is 76.4 cm³/mol. The van der Waals surface area contributed by atoms with Crippen LogP contribution in [0.2, 0.25) is 0 Å². The molecule has 2 rings (SSSR count). The Bertz CT molecular complexity index is 513.